The van der Waals surface area contributed by atoms with Gasteiger partial charge in [-0.25, -0.2) is 4.79 Å². The minimum absolute atomic E-state index is 0.297. The number of hydrogen-bond acceptors (Lipinski definition) is 1. The fourth-order valence-electron chi connectivity index (χ4n) is 5.89. The van der Waals surface area contributed by atoms with Gasteiger partial charge in [0.05, 0.1) is 5.56 Å². The highest BCUT2D eigenvalue weighted by atomic mass is 16.4. The average Bonchev–Trinajstić information content (AvgIpc) is 2.84. The molecular formula is C31H52O2. The van der Waals surface area contributed by atoms with Crippen LogP contribution in [0.25, 0.3) is 0 Å². The Kier molecular flexibility index (Phi) is 14.5. The van der Waals surface area contributed by atoms with Crippen molar-refractivity contribution in [3.8, 4) is 0 Å². The third-order valence-corrected chi connectivity index (χ3v) is 8.06. The number of aromatic carboxylic acids is 1. The molecule has 2 rings (SSSR count). The third kappa shape index (κ3) is 11.1. The highest BCUT2D eigenvalue weighted by Crippen LogP contribution is 2.43. The first-order valence-electron chi connectivity index (χ1n) is 14.5. The lowest BCUT2D eigenvalue weighted by Gasteiger charge is -2.38. The topological polar surface area (TPSA) is 37.3 Å². The normalized spacial score (nSPS) is 15.5. The first-order chi connectivity index (χ1) is 16.2. The highest BCUT2D eigenvalue weighted by Gasteiger charge is 2.33. The lowest BCUT2D eigenvalue weighted by atomic mass is 9.66. The van der Waals surface area contributed by atoms with Crippen molar-refractivity contribution in [2.24, 2.45) is 0 Å². The van der Waals surface area contributed by atoms with E-state index < -0.39 is 5.97 Å². The van der Waals surface area contributed by atoms with Gasteiger partial charge in [-0.3, -0.25) is 0 Å². The Bertz CT molecular complexity index is 612. The van der Waals surface area contributed by atoms with Gasteiger partial charge in [-0.2, -0.15) is 0 Å². The Morgan fingerprint density at radius 1 is 0.667 bits per heavy atom. The molecule has 0 amide bonds. The Labute approximate surface area is 205 Å². The van der Waals surface area contributed by atoms with E-state index in [0.717, 1.165) is 0 Å². The van der Waals surface area contributed by atoms with Gasteiger partial charge in [0, 0.05) is 0 Å². The molecule has 1 N–H and O–H groups in total. The van der Waals surface area contributed by atoms with Crippen molar-refractivity contribution in [3.05, 3.63) is 35.4 Å². The van der Waals surface area contributed by atoms with E-state index in [1.54, 1.807) is 0 Å². The van der Waals surface area contributed by atoms with Crippen LogP contribution in [-0.4, -0.2) is 11.1 Å². The standard InChI is InChI=1S/C31H52O2/c1-2-3-4-5-6-7-8-9-10-11-12-13-14-15-16-18-25-31(26-19-17-20-27-31)29-23-21-28(22-24-29)30(32)33/h21-24H,2-20,25-27H2,1H3,(H,32,33). The van der Waals surface area contributed by atoms with Crippen molar-refractivity contribution in [3.63, 3.8) is 0 Å². The minimum atomic E-state index is -0.822. The molecule has 33 heavy (non-hydrogen) atoms. The molecule has 1 aliphatic rings. The van der Waals surface area contributed by atoms with E-state index in [1.807, 2.05) is 12.1 Å². The maximum absolute atomic E-state index is 11.2. The fourth-order valence-corrected chi connectivity index (χ4v) is 5.89. The van der Waals surface area contributed by atoms with Crippen LogP contribution in [0.4, 0.5) is 0 Å². The van der Waals surface area contributed by atoms with Crippen LogP contribution >= 0.6 is 0 Å². The second-order valence-electron chi connectivity index (χ2n) is 10.8. The molecule has 0 unspecified atom stereocenters. The van der Waals surface area contributed by atoms with Gasteiger partial charge in [-0.1, -0.05) is 141 Å². The van der Waals surface area contributed by atoms with E-state index in [2.05, 4.69) is 19.1 Å². The monoisotopic (exact) mass is 456 g/mol. The average molecular weight is 457 g/mol. The van der Waals surface area contributed by atoms with E-state index in [1.165, 1.54) is 147 Å². The first-order valence-corrected chi connectivity index (χ1v) is 14.5. The quantitative estimate of drug-likeness (QED) is 0.210. The second kappa shape index (κ2) is 17.2. The van der Waals surface area contributed by atoms with E-state index in [9.17, 15) is 9.90 Å². The summed E-state index contributed by atoms with van der Waals surface area (Å²) in [7, 11) is 0. The zero-order chi connectivity index (χ0) is 23.6. The molecule has 188 valence electrons. The van der Waals surface area contributed by atoms with Crippen molar-refractivity contribution >= 4 is 5.97 Å². The third-order valence-electron chi connectivity index (χ3n) is 8.06. The molecule has 0 bridgehead atoms. The molecule has 1 fully saturated rings. The molecule has 0 atom stereocenters. The lowest BCUT2D eigenvalue weighted by molar-refractivity contribution is 0.0696. The summed E-state index contributed by atoms with van der Waals surface area (Å²) >= 11 is 0. The maximum atomic E-state index is 11.2. The fraction of sp³-hybridized carbons (Fsp3) is 0.774. The summed E-state index contributed by atoms with van der Waals surface area (Å²) in [6.45, 7) is 2.29. The van der Waals surface area contributed by atoms with Crippen molar-refractivity contribution in [2.45, 2.75) is 154 Å². The number of rotatable bonds is 19. The minimum Gasteiger partial charge on any atom is -0.478 e. The molecule has 1 saturated carbocycles. The van der Waals surface area contributed by atoms with Gasteiger partial charge in [-0.05, 0) is 42.4 Å². The van der Waals surface area contributed by atoms with Gasteiger partial charge in [-0.15, -0.1) is 0 Å². The predicted octanol–water partition coefficient (Wildman–Crippen LogP) is 10.2. The predicted molar refractivity (Wildman–Crippen MR) is 142 cm³/mol. The molecule has 0 aromatic heterocycles. The first kappa shape index (κ1) is 27.9. The number of carbonyl (C=O) groups is 1. The molecule has 0 aliphatic heterocycles. The Morgan fingerprint density at radius 2 is 1.09 bits per heavy atom. The number of hydrogen-bond donors (Lipinski definition) is 1. The van der Waals surface area contributed by atoms with Crippen molar-refractivity contribution < 1.29 is 9.90 Å². The van der Waals surface area contributed by atoms with E-state index in [-0.39, 0.29) is 0 Å². The van der Waals surface area contributed by atoms with Crippen molar-refractivity contribution in [1.82, 2.24) is 0 Å². The molecular weight excluding hydrogens is 404 g/mol. The zero-order valence-corrected chi connectivity index (χ0v) is 21.7. The van der Waals surface area contributed by atoms with Gasteiger partial charge in [0.25, 0.3) is 0 Å². The van der Waals surface area contributed by atoms with Crippen LogP contribution in [0.15, 0.2) is 24.3 Å². The second-order valence-corrected chi connectivity index (χ2v) is 10.8. The number of benzene rings is 1. The van der Waals surface area contributed by atoms with Crippen LogP contribution in [0.1, 0.15) is 164 Å². The van der Waals surface area contributed by atoms with Gasteiger partial charge in [0.1, 0.15) is 0 Å². The van der Waals surface area contributed by atoms with Crippen molar-refractivity contribution in [1.29, 1.82) is 0 Å². The number of carboxylic acids is 1. The lowest BCUT2D eigenvalue weighted by Crippen LogP contribution is -2.29. The maximum Gasteiger partial charge on any atom is 0.335 e. The molecule has 0 spiro atoms. The Hall–Kier alpha value is -1.31. The molecule has 0 radical (unpaired) electrons. The zero-order valence-electron chi connectivity index (χ0n) is 21.7. The van der Waals surface area contributed by atoms with Gasteiger partial charge >= 0.3 is 5.97 Å². The van der Waals surface area contributed by atoms with Crippen LogP contribution < -0.4 is 0 Å². The molecule has 1 aliphatic carbocycles. The largest absolute Gasteiger partial charge is 0.478 e. The summed E-state index contributed by atoms with van der Waals surface area (Å²) in [5.41, 5.74) is 2.09. The summed E-state index contributed by atoms with van der Waals surface area (Å²) in [5.74, 6) is -0.822. The molecule has 2 heteroatoms. The van der Waals surface area contributed by atoms with Crippen LogP contribution in [-0.2, 0) is 5.41 Å². The molecule has 2 nitrogen and oxygen atoms in total. The number of unbranched alkanes of at least 4 members (excludes halogenated alkanes) is 15. The molecule has 1 aromatic rings. The number of carboxylic acid groups (broad SMARTS) is 1. The highest BCUT2D eigenvalue weighted by molar-refractivity contribution is 5.87. The van der Waals surface area contributed by atoms with E-state index >= 15 is 0 Å². The molecule has 0 saturated heterocycles. The smallest absolute Gasteiger partial charge is 0.335 e. The van der Waals surface area contributed by atoms with Crippen LogP contribution in [0, 0.1) is 0 Å². The summed E-state index contributed by atoms with van der Waals surface area (Å²) in [6, 6.07) is 7.81. The Morgan fingerprint density at radius 3 is 1.52 bits per heavy atom. The SMILES string of the molecule is CCCCCCCCCCCCCCCCCCC1(c2ccc(C(=O)O)cc2)CCCCC1. The van der Waals surface area contributed by atoms with Gasteiger partial charge in [0.2, 0.25) is 0 Å². The van der Waals surface area contributed by atoms with E-state index in [4.69, 9.17) is 0 Å². The summed E-state index contributed by atoms with van der Waals surface area (Å²) in [4.78, 5) is 11.2. The molecule has 0 heterocycles. The van der Waals surface area contributed by atoms with Crippen molar-refractivity contribution in [2.75, 3.05) is 0 Å². The van der Waals surface area contributed by atoms with E-state index in [0.29, 0.717) is 11.0 Å². The van der Waals surface area contributed by atoms with Gasteiger partial charge in [0.15, 0.2) is 0 Å². The summed E-state index contributed by atoms with van der Waals surface area (Å²) < 4.78 is 0. The Balaban J connectivity index is 1.52. The summed E-state index contributed by atoms with van der Waals surface area (Å²) in [6.07, 6.45) is 30.5. The van der Waals surface area contributed by atoms with Crippen LogP contribution in [0.5, 0.6) is 0 Å². The van der Waals surface area contributed by atoms with Gasteiger partial charge < -0.3 is 5.11 Å². The van der Waals surface area contributed by atoms with Crippen LogP contribution in [0.2, 0.25) is 0 Å². The summed E-state index contributed by atoms with van der Waals surface area (Å²) in [5, 5.41) is 9.21. The van der Waals surface area contributed by atoms with Crippen LogP contribution in [0.3, 0.4) is 0 Å². The molecule has 1 aromatic carbocycles.